The molecule has 0 saturated carbocycles. The normalized spacial score (nSPS) is 13.8. The molecule has 0 bridgehead atoms. The van der Waals surface area contributed by atoms with Crippen LogP contribution in [0.1, 0.15) is 37.9 Å². The fraction of sp³-hybridized carbons (Fsp3) is 0.278. The van der Waals surface area contributed by atoms with Crippen LogP contribution in [0.15, 0.2) is 28.8 Å². The Hall–Kier alpha value is -3.09. The molecule has 1 aromatic carbocycles. The molecule has 25 heavy (non-hydrogen) atoms. The number of aryl methyl sites for hydroxylation is 1. The number of esters is 1. The fourth-order valence-electron chi connectivity index (χ4n) is 3.26. The number of amides is 1. The molecule has 2 aromatic heterocycles. The highest BCUT2D eigenvalue weighted by Crippen LogP contribution is 2.29. The van der Waals surface area contributed by atoms with E-state index in [0.717, 1.165) is 28.6 Å². The van der Waals surface area contributed by atoms with E-state index in [2.05, 4.69) is 10.1 Å². The Morgan fingerprint density at radius 3 is 2.88 bits per heavy atom. The molecule has 0 atom stereocenters. The van der Waals surface area contributed by atoms with Crippen LogP contribution < -0.4 is 0 Å². The van der Waals surface area contributed by atoms with Crippen LogP contribution in [0, 0.1) is 6.92 Å². The Kier molecular flexibility index (Phi) is 3.56. The molecule has 1 aliphatic heterocycles. The SMILES string of the molecule is COC(=O)c1ccc2[nH]c3c(c2c1)CN(C(=O)c1cc(C)on1)CC3. The molecule has 0 saturated heterocycles. The molecule has 3 aromatic rings. The van der Waals surface area contributed by atoms with Crippen LogP contribution in [0.4, 0.5) is 0 Å². The summed E-state index contributed by atoms with van der Waals surface area (Å²) in [6.07, 6.45) is 0.722. The number of carbonyl (C=O) groups is 2. The number of hydrogen-bond acceptors (Lipinski definition) is 5. The molecule has 128 valence electrons. The van der Waals surface area contributed by atoms with Crippen molar-refractivity contribution in [3.8, 4) is 0 Å². The number of nitrogens with zero attached hydrogens (tertiary/aromatic N) is 2. The van der Waals surface area contributed by atoms with Gasteiger partial charge in [0.1, 0.15) is 5.76 Å². The maximum absolute atomic E-state index is 12.6. The van der Waals surface area contributed by atoms with Crippen LogP contribution in [-0.2, 0) is 17.7 Å². The predicted molar refractivity (Wildman–Crippen MR) is 89.3 cm³/mol. The van der Waals surface area contributed by atoms with Crippen LogP contribution in [0.3, 0.4) is 0 Å². The van der Waals surface area contributed by atoms with Crippen molar-refractivity contribution in [3.05, 3.63) is 52.5 Å². The van der Waals surface area contributed by atoms with Crippen molar-refractivity contribution < 1.29 is 18.8 Å². The molecular formula is C18H17N3O4. The Bertz CT molecular complexity index is 986. The molecule has 3 heterocycles. The van der Waals surface area contributed by atoms with Crippen molar-refractivity contribution in [1.82, 2.24) is 15.0 Å². The van der Waals surface area contributed by atoms with E-state index in [0.29, 0.717) is 30.1 Å². The standard InChI is InChI=1S/C18H17N3O4/c1-10-7-16(20-25-10)17(22)21-6-5-15-13(9-21)12-8-11(18(23)24-2)3-4-14(12)19-15/h3-4,7-8,19H,5-6,9H2,1-2H3. The van der Waals surface area contributed by atoms with Crippen LogP contribution in [0.2, 0.25) is 0 Å². The van der Waals surface area contributed by atoms with Gasteiger partial charge in [0.25, 0.3) is 5.91 Å². The minimum absolute atomic E-state index is 0.152. The molecule has 4 rings (SSSR count). The quantitative estimate of drug-likeness (QED) is 0.725. The van der Waals surface area contributed by atoms with Gasteiger partial charge >= 0.3 is 5.97 Å². The Morgan fingerprint density at radius 1 is 1.32 bits per heavy atom. The summed E-state index contributed by atoms with van der Waals surface area (Å²) in [5.41, 5.74) is 3.88. The zero-order valence-corrected chi connectivity index (χ0v) is 14.0. The molecule has 0 aliphatic carbocycles. The molecule has 1 aliphatic rings. The first-order chi connectivity index (χ1) is 12.1. The number of aromatic amines is 1. The van der Waals surface area contributed by atoms with Crippen LogP contribution >= 0.6 is 0 Å². The van der Waals surface area contributed by atoms with Gasteiger partial charge in [-0.15, -0.1) is 0 Å². The third-order valence-corrected chi connectivity index (χ3v) is 4.53. The second-order valence-corrected chi connectivity index (χ2v) is 6.13. The third-order valence-electron chi connectivity index (χ3n) is 4.53. The Balaban J connectivity index is 1.69. The predicted octanol–water partition coefficient (Wildman–Crippen LogP) is 2.45. The molecular weight excluding hydrogens is 322 g/mol. The summed E-state index contributed by atoms with van der Waals surface area (Å²) in [4.78, 5) is 29.5. The number of aromatic nitrogens is 2. The maximum Gasteiger partial charge on any atom is 0.337 e. The van der Waals surface area contributed by atoms with E-state index < -0.39 is 0 Å². The molecule has 1 N–H and O–H groups in total. The molecule has 1 amide bonds. The first-order valence-electron chi connectivity index (χ1n) is 8.01. The van der Waals surface area contributed by atoms with Gasteiger partial charge in [-0.1, -0.05) is 5.16 Å². The largest absolute Gasteiger partial charge is 0.465 e. The number of fused-ring (bicyclic) bond motifs is 3. The number of hydrogen-bond donors (Lipinski definition) is 1. The molecule has 0 spiro atoms. The number of methoxy groups -OCH3 is 1. The Labute approximate surface area is 143 Å². The van der Waals surface area contributed by atoms with E-state index >= 15 is 0 Å². The van der Waals surface area contributed by atoms with Crippen LogP contribution in [-0.4, -0.2) is 40.6 Å². The minimum atomic E-state index is -0.376. The summed E-state index contributed by atoms with van der Waals surface area (Å²) >= 11 is 0. The number of nitrogens with one attached hydrogen (secondary N) is 1. The van der Waals surface area contributed by atoms with Gasteiger partial charge in [-0.3, -0.25) is 4.79 Å². The Morgan fingerprint density at radius 2 is 2.16 bits per heavy atom. The van der Waals surface area contributed by atoms with Gasteiger partial charge in [-0.2, -0.15) is 0 Å². The lowest BCUT2D eigenvalue weighted by molar-refractivity contribution is 0.0600. The lowest BCUT2D eigenvalue weighted by atomic mass is 10.0. The summed E-state index contributed by atoms with van der Waals surface area (Å²) in [5.74, 6) is 0.0792. The summed E-state index contributed by atoms with van der Waals surface area (Å²) in [6, 6.07) is 7.05. The summed E-state index contributed by atoms with van der Waals surface area (Å²) < 4.78 is 9.79. The van der Waals surface area contributed by atoms with E-state index in [9.17, 15) is 9.59 Å². The van der Waals surface area contributed by atoms with Gasteiger partial charge in [0.05, 0.1) is 12.7 Å². The van der Waals surface area contributed by atoms with E-state index in [1.54, 1.807) is 24.0 Å². The van der Waals surface area contributed by atoms with Crippen molar-refractivity contribution >= 4 is 22.8 Å². The highest BCUT2D eigenvalue weighted by Gasteiger charge is 2.26. The first-order valence-corrected chi connectivity index (χ1v) is 8.01. The number of rotatable bonds is 2. The second kappa shape index (κ2) is 5.77. The average Bonchev–Trinajstić information content (AvgIpc) is 3.22. The van der Waals surface area contributed by atoms with E-state index in [-0.39, 0.29) is 11.9 Å². The summed E-state index contributed by atoms with van der Waals surface area (Å²) in [6.45, 7) is 2.82. The van der Waals surface area contributed by atoms with E-state index in [1.807, 2.05) is 12.1 Å². The lowest BCUT2D eigenvalue weighted by Crippen LogP contribution is -2.36. The zero-order chi connectivity index (χ0) is 17.6. The second-order valence-electron chi connectivity index (χ2n) is 6.13. The average molecular weight is 339 g/mol. The topological polar surface area (TPSA) is 88.4 Å². The highest BCUT2D eigenvalue weighted by molar-refractivity contribution is 5.97. The van der Waals surface area contributed by atoms with Gasteiger partial charge < -0.3 is 19.1 Å². The number of carbonyl (C=O) groups excluding carboxylic acids is 2. The number of benzene rings is 1. The molecule has 7 heteroatoms. The van der Waals surface area contributed by atoms with Gasteiger partial charge in [0, 0.05) is 47.7 Å². The van der Waals surface area contributed by atoms with Gasteiger partial charge in [0.15, 0.2) is 5.69 Å². The monoisotopic (exact) mass is 339 g/mol. The van der Waals surface area contributed by atoms with Crippen molar-refractivity contribution in [2.45, 2.75) is 19.9 Å². The highest BCUT2D eigenvalue weighted by atomic mass is 16.5. The molecule has 7 nitrogen and oxygen atoms in total. The lowest BCUT2D eigenvalue weighted by Gasteiger charge is -2.26. The minimum Gasteiger partial charge on any atom is -0.465 e. The first kappa shape index (κ1) is 15.4. The van der Waals surface area contributed by atoms with Crippen molar-refractivity contribution in [2.75, 3.05) is 13.7 Å². The van der Waals surface area contributed by atoms with Crippen molar-refractivity contribution in [1.29, 1.82) is 0 Å². The summed E-state index contributed by atoms with van der Waals surface area (Å²) in [5, 5.41) is 4.75. The summed E-state index contributed by atoms with van der Waals surface area (Å²) in [7, 11) is 1.36. The van der Waals surface area contributed by atoms with E-state index in [1.165, 1.54) is 7.11 Å². The zero-order valence-electron chi connectivity index (χ0n) is 14.0. The molecule has 0 unspecified atom stereocenters. The van der Waals surface area contributed by atoms with Crippen LogP contribution in [0.25, 0.3) is 10.9 Å². The molecule has 0 fully saturated rings. The van der Waals surface area contributed by atoms with E-state index in [4.69, 9.17) is 9.26 Å². The maximum atomic E-state index is 12.6. The molecule has 0 radical (unpaired) electrons. The van der Waals surface area contributed by atoms with Crippen molar-refractivity contribution in [3.63, 3.8) is 0 Å². The van der Waals surface area contributed by atoms with Crippen molar-refractivity contribution in [2.24, 2.45) is 0 Å². The smallest absolute Gasteiger partial charge is 0.337 e. The number of ether oxygens (including phenoxy) is 1. The van der Waals surface area contributed by atoms with Crippen LogP contribution in [0.5, 0.6) is 0 Å². The van der Waals surface area contributed by atoms with Gasteiger partial charge in [-0.25, -0.2) is 4.79 Å². The van der Waals surface area contributed by atoms with Gasteiger partial charge in [-0.05, 0) is 25.1 Å². The number of H-pyrrole nitrogens is 1. The van der Waals surface area contributed by atoms with Gasteiger partial charge in [0.2, 0.25) is 0 Å². The fourth-order valence-corrected chi connectivity index (χ4v) is 3.26. The third kappa shape index (κ3) is 2.57.